The molecule has 0 saturated carbocycles. The molecule has 3 rings (SSSR count). The number of carbonyl (C=O) groups is 1. The maximum absolute atomic E-state index is 12.7. The molecule has 0 aliphatic carbocycles. The van der Waals surface area contributed by atoms with E-state index in [1.807, 2.05) is 56.3 Å². The van der Waals surface area contributed by atoms with Gasteiger partial charge in [0.25, 0.3) is 0 Å². The van der Waals surface area contributed by atoms with Crippen molar-refractivity contribution in [2.75, 3.05) is 5.32 Å². The Labute approximate surface area is 124 Å². The third-order valence-corrected chi connectivity index (χ3v) is 3.96. The SMILES string of the molecule is C=C1C(C(=O)c2ccc(C)c(C)c2)=CNc2ccccc21. The minimum absolute atomic E-state index is 0.00473. The lowest BCUT2D eigenvalue weighted by Crippen LogP contribution is -2.12. The number of anilines is 1. The van der Waals surface area contributed by atoms with Crippen molar-refractivity contribution >= 4 is 17.0 Å². The first-order chi connectivity index (χ1) is 10.1. The molecule has 0 radical (unpaired) electrons. The van der Waals surface area contributed by atoms with Crippen LogP contribution in [-0.4, -0.2) is 5.78 Å². The molecule has 0 atom stereocenters. The van der Waals surface area contributed by atoms with Gasteiger partial charge < -0.3 is 5.32 Å². The van der Waals surface area contributed by atoms with Gasteiger partial charge in [-0.25, -0.2) is 0 Å². The van der Waals surface area contributed by atoms with Gasteiger partial charge in [-0.3, -0.25) is 4.79 Å². The fourth-order valence-corrected chi connectivity index (χ4v) is 2.50. The van der Waals surface area contributed by atoms with Gasteiger partial charge in [0, 0.05) is 28.6 Å². The number of rotatable bonds is 2. The minimum Gasteiger partial charge on any atom is -0.360 e. The Morgan fingerprint density at radius 2 is 1.81 bits per heavy atom. The van der Waals surface area contributed by atoms with Crippen molar-refractivity contribution in [3.63, 3.8) is 0 Å². The number of ketones is 1. The normalized spacial score (nSPS) is 13.2. The van der Waals surface area contributed by atoms with Gasteiger partial charge in [0.15, 0.2) is 5.78 Å². The number of fused-ring (bicyclic) bond motifs is 1. The first-order valence-corrected chi connectivity index (χ1v) is 6.95. The van der Waals surface area contributed by atoms with Crippen LogP contribution in [0.3, 0.4) is 0 Å². The Bertz CT molecular complexity index is 784. The number of carbonyl (C=O) groups excluding carboxylic acids is 1. The van der Waals surface area contributed by atoms with Crippen molar-refractivity contribution < 1.29 is 4.79 Å². The van der Waals surface area contributed by atoms with Crippen LogP contribution in [0, 0.1) is 13.8 Å². The number of benzene rings is 2. The molecule has 1 aliphatic heterocycles. The van der Waals surface area contributed by atoms with E-state index >= 15 is 0 Å². The first-order valence-electron chi connectivity index (χ1n) is 6.95. The average Bonchev–Trinajstić information content (AvgIpc) is 2.50. The van der Waals surface area contributed by atoms with Gasteiger partial charge in [0.05, 0.1) is 0 Å². The summed E-state index contributed by atoms with van der Waals surface area (Å²) >= 11 is 0. The summed E-state index contributed by atoms with van der Waals surface area (Å²) in [5.74, 6) is 0.00473. The lowest BCUT2D eigenvalue weighted by Gasteiger charge is -2.20. The van der Waals surface area contributed by atoms with Crippen molar-refractivity contribution in [3.8, 4) is 0 Å². The summed E-state index contributed by atoms with van der Waals surface area (Å²) < 4.78 is 0. The number of para-hydroxylation sites is 1. The quantitative estimate of drug-likeness (QED) is 0.817. The van der Waals surface area contributed by atoms with E-state index in [0.717, 1.165) is 22.4 Å². The Balaban J connectivity index is 1.98. The molecule has 0 saturated heterocycles. The van der Waals surface area contributed by atoms with Gasteiger partial charge in [0.2, 0.25) is 0 Å². The second-order valence-corrected chi connectivity index (χ2v) is 5.35. The van der Waals surface area contributed by atoms with Crippen LogP contribution in [0.4, 0.5) is 5.69 Å². The summed E-state index contributed by atoms with van der Waals surface area (Å²) in [7, 11) is 0. The highest BCUT2D eigenvalue weighted by Crippen LogP contribution is 2.33. The summed E-state index contributed by atoms with van der Waals surface area (Å²) in [6.45, 7) is 8.15. The standard InChI is InChI=1S/C19H17NO/c1-12-8-9-15(10-13(12)2)19(21)17-11-20-18-7-5-4-6-16(18)14(17)3/h4-11,20H,3H2,1-2H3. The van der Waals surface area contributed by atoms with Crippen molar-refractivity contribution in [3.05, 3.63) is 83.1 Å². The molecule has 0 spiro atoms. The second kappa shape index (κ2) is 5.06. The molecule has 2 nitrogen and oxygen atoms in total. The summed E-state index contributed by atoms with van der Waals surface area (Å²) in [5, 5.41) is 3.18. The smallest absolute Gasteiger partial charge is 0.195 e. The Morgan fingerprint density at radius 1 is 1.05 bits per heavy atom. The van der Waals surface area contributed by atoms with Crippen LogP contribution in [0.2, 0.25) is 0 Å². The molecular weight excluding hydrogens is 258 g/mol. The van der Waals surface area contributed by atoms with Gasteiger partial charge in [-0.15, -0.1) is 0 Å². The highest BCUT2D eigenvalue weighted by atomic mass is 16.1. The third kappa shape index (κ3) is 2.29. The van der Waals surface area contributed by atoms with E-state index in [1.54, 1.807) is 6.20 Å². The molecule has 1 N–H and O–H groups in total. The Hall–Kier alpha value is -2.61. The number of Topliss-reactive ketones (excluding diaryl/α,β-unsaturated/α-hetero) is 1. The molecule has 0 unspecified atom stereocenters. The molecule has 1 aliphatic rings. The number of aryl methyl sites for hydroxylation is 2. The van der Waals surface area contributed by atoms with E-state index in [2.05, 4.69) is 11.9 Å². The van der Waals surface area contributed by atoms with E-state index in [-0.39, 0.29) is 5.78 Å². The molecule has 104 valence electrons. The lowest BCUT2D eigenvalue weighted by atomic mass is 9.90. The molecule has 0 aromatic heterocycles. The summed E-state index contributed by atoms with van der Waals surface area (Å²) in [6.07, 6.45) is 1.75. The lowest BCUT2D eigenvalue weighted by molar-refractivity contribution is 0.103. The topological polar surface area (TPSA) is 29.1 Å². The van der Waals surface area contributed by atoms with Gasteiger partial charge in [-0.1, -0.05) is 36.9 Å². The number of hydrogen-bond acceptors (Lipinski definition) is 2. The van der Waals surface area contributed by atoms with Crippen LogP contribution in [0.25, 0.3) is 5.57 Å². The molecule has 0 amide bonds. The average molecular weight is 275 g/mol. The van der Waals surface area contributed by atoms with Gasteiger partial charge in [-0.05, 0) is 42.7 Å². The van der Waals surface area contributed by atoms with E-state index in [4.69, 9.17) is 0 Å². The van der Waals surface area contributed by atoms with Crippen LogP contribution in [-0.2, 0) is 0 Å². The monoisotopic (exact) mass is 275 g/mol. The van der Waals surface area contributed by atoms with E-state index in [9.17, 15) is 4.79 Å². The zero-order valence-electron chi connectivity index (χ0n) is 12.2. The highest BCUT2D eigenvalue weighted by Gasteiger charge is 2.21. The zero-order valence-corrected chi connectivity index (χ0v) is 12.2. The molecule has 2 heteroatoms. The number of allylic oxidation sites excluding steroid dienone is 2. The Kier molecular flexibility index (Phi) is 3.22. The predicted molar refractivity (Wildman–Crippen MR) is 87.4 cm³/mol. The Morgan fingerprint density at radius 3 is 2.57 bits per heavy atom. The van der Waals surface area contributed by atoms with Gasteiger partial charge in [0.1, 0.15) is 0 Å². The van der Waals surface area contributed by atoms with Crippen LogP contribution in [0.15, 0.2) is 60.8 Å². The molecule has 0 bridgehead atoms. The van der Waals surface area contributed by atoms with Crippen molar-refractivity contribution in [1.29, 1.82) is 0 Å². The number of hydrogen-bond donors (Lipinski definition) is 1. The second-order valence-electron chi connectivity index (χ2n) is 5.35. The van der Waals surface area contributed by atoms with E-state index in [0.29, 0.717) is 11.1 Å². The van der Waals surface area contributed by atoms with E-state index < -0.39 is 0 Å². The largest absolute Gasteiger partial charge is 0.360 e. The molecule has 2 aromatic rings. The van der Waals surface area contributed by atoms with Gasteiger partial charge in [-0.2, -0.15) is 0 Å². The van der Waals surface area contributed by atoms with Crippen LogP contribution in [0.5, 0.6) is 0 Å². The minimum atomic E-state index is 0.00473. The maximum Gasteiger partial charge on any atom is 0.195 e. The van der Waals surface area contributed by atoms with Crippen LogP contribution < -0.4 is 5.32 Å². The molecule has 0 fully saturated rings. The van der Waals surface area contributed by atoms with Crippen LogP contribution in [0.1, 0.15) is 27.0 Å². The van der Waals surface area contributed by atoms with Crippen molar-refractivity contribution in [2.24, 2.45) is 0 Å². The zero-order chi connectivity index (χ0) is 15.0. The number of nitrogens with one attached hydrogen (secondary N) is 1. The third-order valence-electron chi connectivity index (χ3n) is 3.96. The first kappa shape index (κ1) is 13.4. The molecule has 21 heavy (non-hydrogen) atoms. The molecular formula is C19H17NO. The summed E-state index contributed by atoms with van der Waals surface area (Å²) in [5.41, 5.74) is 6.37. The maximum atomic E-state index is 12.7. The summed E-state index contributed by atoms with van der Waals surface area (Å²) in [6, 6.07) is 13.7. The molecule has 1 heterocycles. The fourth-order valence-electron chi connectivity index (χ4n) is 2.50. The van der Waals surface area contributed by atoms with Gasteiger partial charge >= 0.3 is 0 Å². The van der Waals surface area contributed by atoms with E-state index in [1.165, 1.54) is 5.56 Å². The van der Waals surface area contributed by atoms with Crippen molar-refractivity contribution in [2.45, 2.75) is 13.8 Å². The molecule has 2 aromatic carbocycles. The predicted octanol–water partition coefficient (Wildman–Crippen LogP) is 4.51. The fraction of sp³-hybridized carbons (Fsp3) is 0.105. The van der Waals surface area contributed by atoms with Crippen molar-refractivity contribution in [1.82, 2.24) is 0 Å². The highest BCUT2D eigenvalue weighted by molar-refractivity contribution is 6.20. The van der Waals surface area contributed by atoms with Crippen LogP contribution >= 0.6 is 0 Å². The summed E-state index contributed by atoms with van der Waals surface area (Å²) in [4.78, 5) is 12.7.